The number of halogens is 1. The average Bonchev–Trinajstić information content (AvgIpc) is 3.01. The van der Waals surface area contributed by atoms with Crippen molar-refractivity contribution in [3.05, 3.63) is 64.4 Å². The van der Waals surface area contributed by atoms with Crippen LogP contribution >= 0.6 is 11.6 Å². The number of aromatic amines is 1. The van der Waals surface area contributed by atoms with Crippen LogP contribution in [0, 0.1) is 0 Å². The molecule has 4 rings (SSSR count). The van der Waals surface area contributed by atoms with Crippen molar-refractivity contribution in [3.63, 3.8) is 0 Å². The third-order valence-corrected chi connectivity index (χ3v) is 4.91. The third-order valence-electron chi connectivity index (χ3n) is 4.68. The Bertz CT molecular complexity index is 1030. The van der Waals surface area contributed by atoms with Gasteiger partial charge >= 0.3 is 5.97 Å². The van der Waals surface area contributed by atoms with Crippen LogP contribution in [0.1, 0.15) is 21.6 Å². The Morgan fingerprint density at radius 2 is 2.14 bits per heavy atom. The standard InChI is InChI=1S/C20H18ClN3O4/c21-16-3-1-2-12(7-16)13-6-14-10-24(4-5-28-19(14)17(25)8-13)11-15-9-22-23-18(15)20(26)27/h1-3,6-9,25H,4-5,10-11H2,(H,22,23)(H,26,27). The van der Waals surface area contributed by atoms with E-state index in [4.69, 9.17) is 16.3 Å². The second-order valence-electron chi connectivity index (χ2n) is 6.63. The quantitative estimate of drug-likeness (QED) is 0.620. The summed E-state index contributed by atoms with van der Waals surface area (Å²) in [6.07, 6.45) is 1.52. The molecule has 144 valence electrons. The monoisotopic (exact) mass is 399 g/mol. The van der Waals surface area contributed by atoms with Gasteiger partial charge in [-0.15, -0.1) is 0 Å². The van der Waals surface area contributed by atoms with E-state index in [-0.39, 0.29) is 11.4 Å². The summed E-state index contributed by atoms with van der Waals surface area (Å²) in [7, 11) is 0. The van der Waals surface area contributed by atoms with Gasteiger partial charge in [-0.05, 0) is 35.4 Å². The Kier molecular flexibility index (Phi) is 4.93. The number of carboxylic acids is 1. The molecule has 7 nitrogen and oxygen atoms in total. The van der Waals surface area contributed by atoms with Crippen molar-refractivity contribution in [2.24, 2.45) is 0 Å². The smallest absolute Gasteiger partial charge is 0.354 e. The Morgan fingerprint density at radius 3 is 2.93 bits per heavy atom. The fourth-order valence-corrected chi connectivity index (χ4v) is 3.57. The SMILES string of the molecule is O=C(O)c1[nH]ncc1CN1CCOc2c(O)cc(-c3cccc(Cl)c3)cc2C1. The van der Waals surface area contributed by atoms with Crippen molar-refractivity contribution in [1.82, 2.24) is 15.1 Å². The fourth-order valence-electron chi connectivity index (χ4n) is 3.38. The second-order valence-corrected chi connectivity index (χ2v) is 7.06. The molecule has 1 aliphatic rings. The number of nitrogens with zero attached hydrogens (tertiary/aromatic N) is 2. The predicted octanol–water partition coefficient (Wildman–Crippen LogP) is 3.53. The Morgan fingerprint density at radius 1 is 1.29 bits per heavy atom. The van der Waals surface area contributed by atoms with Crippen LogP contribution in [0.4, 0.5) is 0 Å². The summed E-state index contributed by atoms with van der Waals surface area (Å²) in [5, 5.41) is 26.7. The van der Waals surface area contributed by atoms with Crippen LogP contribution in [-0.4, -0.2) is 44.4 Å². The number of fused-ring (bicyclic) bond motifs is 1. The summed E-state index contributed by atoms with van der Waals surface area (Å²) in [4.78, 5) is 13.4. The van der Waals surface area contributed by atoms with Crippen molar-refractivity contribution >= 4 is 17.6 Å². The number of phenols is 1. The Labute approximate surface area is 166 Å². The van der Waals surface area contributed by atoms with Crippen molar-refractivity contribution in [2.45, 2.75) is 13.1 Å². The van der Waals surface area contributed by atoms with E-state index in [1.807, 2.05) is 24.3 Å². The van der Waals surface area contributed by atoms with Crippen LogP contribution in [0.5, 0.6) is 11.5 Å². The predicted molar refractivity (Wildman–Crippen MR) is 104 cm³/mol. The number of benzene rings is 2. The minimum Gasteiger partial charge on any atom is -0.504 e. The second kappa shape index (κ2) is 7.53. The summed E-state index contributed by atoms with van der Waals surface area (Å²) in [5.74, 6) is -0.511. The van der Waals surface area contributed by atoms with E-state index in [1.54, 1.807) is 12.1 Å². The van der Waals surface area contributed by atoms with Crippen molar-refractivity contribution in [1.29, 1.82) is 0 Å². The number of aromatic carboxylic acids is 1. The summed E-state index contributed by atoms with van der Waals surface area (Å²) < 4.78 is 5.76. The molecule has 1 aliphatic heterocycles. The number of H-pyrrole nitrogens is 1. The first kappa shape index (κ1) is 18.3. The number of ether oxygens (including phenoxy) is 1. The molecule has 0 unspecified atom stereocenters. The molecule has 3 aromatic rings. The molecule has 0 radical (unpaired) electrons. The molecular formula is C20H18ClN3O4. The van der Waals surface area contributed by atoms with Crippen LogP contribution in [0.25, 0.3) is 11.1 Å². The third kappa shape index (κ3) is 3.67. The molecule has 8 heteroatoms. The van der Waals surface area contributed by atoms with Crippen LogP contribution in [-0.2, 0) is 13.1 Å². The number of hydrogen-bond acceptors (Lipinski definition) is 5. The lowest BCUT2D eigenvalue weighted by Gasteiger charge is -2.19. The largest absolute Gasteiger partial charge is 0.504 e. The first-order valence-corrected chi connectivity index (χ1v) is 9.11. The van der Waals surface area contributed by atoms with E-state index in [9.17, 15) is 15.0 Å². The molecule has 28 heavy (non-hydrogen) atoms. The van der Waals surface area contributed by atoms with E-state index in [2.05, 4.69) is 15.1 Å². The zero-order chi connectivity index (χ0) is 19.7. The number of carbonyl (C=O) groups is 1. The first-order chi connectivity index (χ1) is 13.5. The number of aromatic nitrogens is 2. The zero-order valence-electron chi connectivity index (χ0n) is 14.9. The molecule has 0 fully saturated rings. The van der Waals surface area contributed by atoms with E-state index >= 15 is 0 Å². The van der Waals surface area contributed by atoms with Crippen LogP contribution in [0.2, 0.25) is 5.02 Å². The molecular weight excluding hydrogens is 382 g/mol. The minimum absolute atomic E-state index is 0.0730. The lowest BCUT2D eigenvalue weighted by atomic mass is 10.0. The fraction of sp³-hybridized carbons (Fsp3) is 0.200. The molecule has 0 spiro atoms. The maximum Gasteiger partial charge on any atom is 0.354 e. The molecule has 0 saturated heterocycles. The number of rotatable bonds is 4. The van der Waals surface area contributed by atoms with Gasteiger partial charge in [0.2, 0.25) is 0 Å². The normalized spacial score (nSPS) is 14.2. The minimum atomic E-state index is -1.04. The Balaban J connectivity index is 1.65. The first-order valence-electron chi connectivity index (χ1n) is 8.74. The van der Waals surface area contributed by atoms with Crippen molar-refractivity contribution < 1.29 is 19.7 Å². The van der Waals surface area contributed by atoms with Gasteiger partial charge in [-0.3, -0.25) is 10.00 Å². The number of carboxylic acid groups (broad SMARTS) is 1. The van der Waals surface area contributed by atoms with E-state index in [0.717, 1.165) is 16.7 Å². The highest BCUT2D eigenvalue weighted by molar-refractivity contribution is 6.30. The lowest BCUT2D eigenvalue weighted by Crippen LogP contribution is -2.26. The maximum atomic E-state index is 11.3. The number of phenolic OH excluding ortho intramolecular Hbond substituents is 1. The number of hydrogen-bond donors (Lipinski definition) is 3. The topological polar surface area (TPSA) is 98.7 Å². The van der Waals surface area contributed by atoms with Crippen molar-refractivity contribution in [3.8, 4) is 22.6 Å². The summed E-state index contributed by atoms with van der Waals surface area (Å²) in [6.45, 7) is 1.88. The molecule has 0 atom stereocenters. The van der Waals surface area contributed by atoms with Gasteiger partial charge in [-0.25, -0.2) is 4.79 Å². The van der Waals surface area contributed by atoms with Crippen molar-refractivity contribution in [2.75, 3.05) is 13.2 Å². The summed E-state index contributed by atoms with van der Waals surface area (Å²) >= 11 is 6.09. The molecule has 1 aromatic heterocycles. The van der Waals surface area contributed by atoms with Crippen LogP contribution in [0.3, 0.4) is 0 Å². The number of aromatic hydroxyl groups is 1. The summed E-state index contributed by atoms with van der Waals surface area (Å²) in [6, 6.07) is 11.0. The van der Waals surface area contributed by atoms with Gasteiger partial charge < -0.3 is 14.9 Å². The molecule has 2 heterocycles. The average molecular weight is 400 g/mol. The molecule has 3 N–H and O–H groups in total. The van der Waals surface area contributed by atoms with E-state index < -0.39 is 5.97 Å². The van der Waals surface area contributed by atoms with Gasteiger partial charge in [0.1, 0.15) is 12.3 Å². The van der Waals surface area contributed by atoms with Gasteiger partial charge in [0.25, 0.3) is 0 Å². The van der Waals surface area contributed by atoms with Gasteiger partial charge in [0.15, 0.2) is 11.5 Å². The summed E-state index contributed by atoms with van der Waals surface area (Å²) in [5.41, 5.74) is 3.24. The van der Waals surface area contributed by atoms with Gasteiger partial charge in [-0.1, -0.05) is 23.7 Å². The lowest BCUT2D eigenvalue weighted by molar-refractivity contribution is 0.0688. The van der Waals surface area contributed by atoms with E-state index in [1.165, 1.54) is 6.20 Å². The molecule has 0 bridgehead atoms. The highest BCUT2D eigenvalue weighted by Crippen LogP contribution is 2.38. The maximum absolute atomic E-state index is 11.3. The van der Waals surface area contributed by atoms with Gasteiger partial charge in [-0.2, -0.15) is 5.10 Å². The Hall–Kier alpha value is -3.03. The van der Waals surface area contributed by atoms with Gasteiger partial charge in [0.05, 0.1) is 6.20 Å². The number of nitrogens with one attached hydrogen (secondary N) is 1. The molecule has 0 aliphatic carbocycles. The molecule has 0 saturated carbocycles. The zero-order valence-corrected chi connectivity index (χ0v) is 15.6. The highest BCUT2D eigenvalue weighted by Gasteiger charge is 2.22. The van der Waals surface area contributed by atoms with Crippen LogP contribution in [0.15, 0.2) is 42.6 Å². The highest BCUT2D eigenvalue weighted by atomic mass is 35.5. The molecule has 2 aromatic carbocycles. The van der Waals surface area contributed by atoms with Crippen LogP contribution < -0.4 is 4.74 Å². The molecule has 0 amide bonds. The van der Waals surface area contributed by atoms with E-state index in [0.29, 0.717) is 42.6 Å². The van der Waals surface area contributed by atoms with Gasteiger partial charge in [0, 0.05) is 35.8 Å².